The Morgan fingerprint density at radius 2 is 1.90 bits per heavy atom. The highest BCUT2D eigenvalue weighted by Crippen LogP contribution is 2.26. The SMILES string of the molecule is CC(C)Oc1ccc(-c2cc([N+](=O)[O-])cc(N)n2)cc1. The minimum absolute atomic E-state index is 0.0741. The number of nitrogen functional groups attached to an aromatic ring is 1. The fourth-order valence-corrected chi connectivity index (χ4v) is 1.77. The topological polar surface area (TPSA) is 91.3 Å². The normalized spacial score (nSPS) is 10.6. The second-order valence-corrected chi connectivity index (χ2v) is 4.58. The molecule has 0 aliphatic rings. The molecule has 1 aromatic carbocycles. The molecular weight excluding hydrogens is 258 g/mol. The second-order valence-electron chi connectivity index (χ2n) is 4.58. The Labute approximate surface area is 116 Å². The summed E-state index contributed by atoms with van der Waals surface area (Å²) in [7, 11) is 0. The molecule has 6 heteroatoms. The summed E-state index contributed by atoms with van der Waals surface area (Å²) in [5.41, 5.74) is 6.73. The van der Waals surface area contributed by atoms with Crippen LogP contribution >= 0.6 is 0 Å². The van der Waals surface area contributed by atoms with Crippen molar-refractivity contribution in [3.8, 4) is 17.0 Å². The number of anilines is 1. The van der Waals surface area contributed by atoms with Crippen molar-refractivity contribution in [3.05, 3.63) is 46.5 Å². The maximum atomic E-state index is 10.8. The van der Waals surface area contributed by atoms with Gasteiger partial charge in [0.05, 0.1) is 22.8 Å². The van der Waals surface area contributed by atoms with Crippen molar-refractivity contribution in [2.24, 2.45) is 0 Å². The van der Waals surface area contributed by atoms with Gasteiger partial charge in [0.2, 0.25) is 0 Å². The Balaban J connectivity index is 2.34. The number of hydrogen-bond donors (Lipinski definition) is 1. The maximum absolute atomic E-state index is 10.8. The largest absolute Gasteiger partial charge is 0.491 e. The number of nitrogens with two attached hydrogens (primary N) is 1. The summed E-state index contributed by atoms with van der Waals surface area (Å²) in [5, 5.41) is 10.8. The van der Waals surface area contributed by atoms with Gasteiger partial charge in [-0.1, -0.05) is 0 Å². The van der Waals surface area contributed by atoms with E-state index >= 15 is 0 Å². The highest BCUT2D eigenvalue weighted by Gasteiger charge is 2.11. The van der Waals surface area contributed by atoms with Crippen molar-refractivity contribution < 1.29 is 9.66 Å². The summed E-state index contributed by atoms with van der Waals surface area (Å²) < 4.78 is 5.54. The van der Waals surface area contributed by atoms with Crippen LogP contribution in [0.3, 0.4) is 0 Å². The Kier molecular flexibility index (Phi) is 3.84. The Morgan fingerprint density at radius 1 is 1.25 bits per heavy atom. The van der Waals surface area contributed by atoms with E-state index in [1.807, 2.05) is 13.8 Å². The lowest BCUT2D eigenvalue weighted by Gasteiger charge is -2.10. The molecule has 0 amide bonds. The predicted molar refractivity (Wildman–Crippen MR) is 76.5 cm³/mol. The lowest BCUT2D eigenvalue weighted by atomic mass is 10.1. The third-order valence-electron chi connectivity index (χ3n) is 2.56. The molecule has 0 saturated heterocycles. The molecule has 0 spiro atoms. The molecule has 0 saturated carbocycles. The first-order valence-electron chi connectivity index (χ1n) is 6.15. The third kappa shape index (κ3) is 3.23. The molecule has 1 aromatic heterocycles. The van der Waals surface area contributed by atoms with Gasteiger partial charge in [0.25, 0.3) is 5.69 Å². The van der Waals surface area contributed by atoms with Crippen LogP contribution in [0.1, 0.15) is 13.8 Å². The van der Waals surface area contributed by atoms with E-state index in [-0.39, 0.29) is 17.6 Å². The van der Waals surface area contributed by atoms with Gasteiger partial charge in [0, 0.05) is 11.6 Å². The first-order valence-corrected chi connectivity index (χ1v) is 6.15. The average molecular weight is 273 g/mol. The maximum Gasteiger partial charge on any atom is 0.275 e. The molecule has 0 aliphatic heterocycles. The molecule has 0 radical (unpaired) electrons. The van der Waals surface area contributed by atoms with Crippen molar-refractivity contribution in [3.63, 3.8) is 0 Å². The van der Waals surface area contributed by atoms with Crippen molar-refractivity contribution in [1.29, 1.82) is 0 Å². The number of hydrogen-bond acceptors (Lipinski definition) is 5. The van der Waals surface area contributed by atoms with Crippen LogP contribution in [-0.4, -0.2) is 16.0 Å². The Bertz CT molecular complexity index is 624. The number of nitrogens with zero attached hydrogens (tertiary/aromatic N) is 2. The van der Waals surface area contributed by atoms with Crippen molar-refractivity contribution in [2.75, 3.05) is 5.73 Å². The summed E-state index contributed by atoms with van der Waals surface area (Å²) in [6.45, 7) is 3.88. The van der Waals surface area contributed by atoms with Gasteiger partial charge in [-0.05, 0) is 38.1 Å². The van der Waals surface area contributed by atoms with Crippen LogP contribution in [0.2, 0.25) is 0 Å². The molecule has 0 aliphatic carbocycles. The van der Waals surface area contributed by atoms with E-state index < -0.39 is 4.92 Å². The highest BCUT2D eigenvalue weighted by molar-refractivity contribution is 5.65. The zero-order chi connectivity index (χ0) is 14.7. The van der Waals surface area contributed by atoms with Gasteiger partial charge in [-0.3, -0.25) is 10.1 Å². The summed E-state index contributed by atoms with van der Waals surface area (Å²) in [6, 6.07) is 9.82. The summed E-state index contributed by atoms with van der Waals surface area (Å²) in [5.74, 6) is 0.860. The summed E-state index contributed by atoms with van der Waals surface area (Å²) in [4.78, 5) is 14.4. The quantitative estimate of drug-likeness (QED) is 0.682. The molecule has 2 rings (SSSR count). The number of pyridine rings is 1. The zero-order valence-electron chi connectivity index (χ0n) is 11.2. The van der Waals surface area contributed by atoms with Crippen LogP contribution in [0.4, 0.5) is 11.5 Å². The molecule has 2 aromatic rings. The molecule has 104 valence electrons. The number of nitro groups is 1. The fourth-order valence-electron chi connectivity index (χ4n) is 1.77. The average Bonchev–Trinajstić information content (AvgIpc) is 2.38. The van der Waals surface area contributed by atoms with Gasteiger partial charge < -0.3 is 10.5 Å². The van der Waals surface area contributed by atoms with Crippen molar-refractivity contribution >= 4 is 11.5 Å². The van der Waals surface area contributed by atoms with Crippen LogP contribution in [0.5, 0.6) is 5.75 Å². The zero-order valence-corrected chi connectivity index (χ0v) is 11.2. The Morgan fingerprint density at radius 3 is 2.45 bits per heavy atom. The van der Waals surface area contributed by atoms with E-state index in [2.05, 4.69) is 4.98 Å². The molecule has 2 N–H and O–H groups in total. The fraction of sp³-hybridized carbons (Fsp3) is 0.214. The molecule has 0 bridgehead atoms. The number of ether oxygens (including phenoxy) is 1. The molecule has 6 nitrogen and oxygen atoms in total. The van der Waals surface area contributed by atoms with Gasteiger partial charge in [-0.15, -0.1) is 0 Å². The third-order valence-corrected chi connectivity index (χ3v) is 2.56. The molecule has 1 heterocycles. The molecular formula is C14H15N3O3. The van der Waals surface area contributed by atoms with E-state index in [9.17, 15) is 10.1 Å². The van der Waals surface area contributed by atoms with E-state index in [1.165, 1.54) is 12.1 Å². The smallest absolute Gasteiger partial charge is 0.275 e. The second kappa shape index (κ2) is 5.56. The van der Waals surface area contributed by atoms with E-state index in [0.717, 1.165) is 11.3 Å². The van der Waals surface area contributed by atoms with Crippen LogP contribution in [0.15, 0.2) is 36.4 Å². The highest BCUT2D eigenvalue weighted by atomic mass is 16.6. The lowest BCUT2D eigenvalue weighted by Crippen LogP contribution is -2.05. The van der Waals surface area contributed by atoms with Crippen molar-refractivity contribution in [1.82, 2.24) is 4.98 Å². The number of aromatic nitrogens is 1. The van der Waals surface area contributed by atoms with Gasteiger partial charge in [-0.25, -0.2) is 4.98 Å². The van der Waals surface area contributed by atoms with Gasteiger partial charge in [-0.2, -0.15) is 0 Å². The van der Waals surface area contributed by atoms with E-state index in [0.29, 0.717) is 5.69 Å². The lowest BCUT2D eigenvalue weighted by molar-refractivity contribution is -0.384. The first kappa shape index (κ1) is 13.8. The van der Waals surface area contributed by atoms with Crippen LogP contribution < -0.4 is 10.5 Å². The predicted octanol–water partition coefficient (Wildman–Crippen LogP) is 3.03. The summed E-state index contributed by atoms with van der Waals surface area (Å²) in [6.07, 6.45) is 0.0902. The monoisotopic (exact) mass is 273 g/mol. The standard InChI is InChI=1S/C14H15N3O3/c1-9(2)20-12-5-3-10(4-6-12)13-7-11(17(18)19)8-14(15)16-13/h3-9H,1-2H3,(H2,15,16). The van der Waals surface area contributed by atoms with E-state index in [1.54, 1.807) is 24.3 Å². The molecule has 0 fully saturated rings. The Hall–Kier alpha value is -2.63. The molecule has 0 atom stereocenters. The summed E-state index contributed by atoms with van der Waals surface area (Å²) >= 11 is 0. The minimum atomic E-state index is -0.488. The van der Waals surface area contributed by atoms with Gasteiger partial charge in [0.1, 0.15) is 11.6 Å². The minimum Gasteiger partial charge on any atom is -0.491 e. The molecule has 20 heavy (non-hydrogen) atoms. The molecule has 0 unspecified atom stereocenters. The van der Waals surface area contributed by atoms with Gasteiger partial charge in [0.15, 0.2) is 0 Å². The number of rotatable bonds is 4. The van der Waals surface area contributed by atoms with Crippen LogP contribution in [0, 0.1) is 10.1 Å². The van der Waals surface area contributed by atoms with E-state index in [4.69, 9.17) is 10.5 Å². The van der Waals surface area contributed by atoms with Crippen LogP contribution in [0.25, 0.3) is 11.3 Å². The van der Waals surface area contributed by atoms with Crippen LogP contribution in [-0.2, 0) is 0 Å². The van der Waals surface area contributed by atoms with Gasteiger partial charge >= 0.3 is 0 Å². The number of benzene rings is 1. The first-order chi connectivity index (χ1) is 9.45. The van der Waals surface area contributed by atoms with Crippen molar-refractivity contribution in [2.45, 2.75) is 20.0 Å².